The molecule has 0 radical (unpaired) electrons. The first-order valence-electron chi connectivity index (χ1n) is 9.34. The summed E-state index contributed by atoms with van der Waals surface area (Å²) in [5.74, 6) is 1.54. The number of hydrogen-bond donors (Lipinski definition) is 0. The van der Waals surface area contributed by atoms with Crippen LogP contribution in [0.1, 0.15) is 27.7 Å². The van der Waals surface area contributed by atoms with Crippen LogP contribution in [0.25, 0.3) is 21.9 Å². The van der Waals surface area contributed by atoms with E-state index in [4.69, 9.17) is 35.0 Å². The predicted octanol–water partition coefficient (Wildman–Crippen LogP) is 5.19. The molecule has 0 bridgehead atoms. The Kier molecular flexibility index (Phi) is 6.19. The Morgan fingerprint density at radius 2 is 1.36 bits per heavy atom. The molecular formula is C21H23ClO6. The minimum Gasteiger partial charge on any atom is -0.490 e. The summed E-state index contributed by atoms with van der Waals surface area (Å²) < 4.78 is 28.9. The van der Waals surface area contributed by atoms with Crippen molar-refractivity contribution in [2.24, 2.45) is 0 Å². The Bertz CT molecular complexity index is 1060. The van der Waals surface area contributed by atoms with Gasteiger partial charge >= 0.3 is 0 Å². The molecule has 28 heavy (non-hydrogen) atoms. The molecule has 0 aliphatic rings. The van der Waals surface area contributed by atoms with Gasteiger partial charge in [-0.25, -0.2) is 0 Å². The predicted molar refractivity (Wildman–Crippen MR) is 110 cm³/mol. The van der Waals surface area contributed by atoms with E-state index in [9.17, 15) is 4.79 Å². The third kappa shape index (κ3) is 3.44. The third-order valence-electron chi connectivity index (χ3n) is 4.08. The molecule has 0 fully saturated rings. The van der Waals surface area contributed by atoms with Gasteiger partial charge in [-0.05, 0) is 45.9 Å². The van der Waals surface area contributed by atoms with Crippen LogP contribution in [0, 0.1) is 0 Å². The second-order valence-electron chi connectivity index (χ2n) is 5.83. The number of halogens is 1. The first-order valence-corrected chi connectivity index (χ1v) is 9.72. The number of benzene rings is 2. The molecule has 1 aromatic heterocycles. The molecule has 0 spiro atoms. The molecule has 0 saturated carbocycles. The van der Waals surface area contributed by atoms with Gasteiger partial charge in [0.1, 0.15) is 0 Å². The van der Waals surface area contributed by atoms with Crippen molar-refractivity contribution >= 4 is 33.5 Å². The molecule has 150 valence electrons. The lowest BCUT2D eigenvalue weighted by atomic mass is 10.1. The zero-order valence-corrected chi connectivity index (χ0v) is 17.1. The van der Waals surface area contributed by atoms with Crippen LogP contribution in [-0.2, 0) is 0 Å². The summed E-state index contributed by atoms with van der Waals surface area (Å²) in [5, 5.41) is 0.985. The maximum Gasteiger partial charge on any atom is 0.206 e. The standard InChI is InChI=1S/C21H23ClO6/c1-5-24-15-10-9-12-16(23)13-11-14(22)19(25-6-2)21(27-8-4)18(13)28-17(12)20(15)26-7-3/h9-11H,5-8H2,1-4H3. The van der Waals surface area contributed by atoms with Crippen molar-refractivity contribution in [3.8, 4) is 23.0 Å². The van der Waals surface area contributed by atoms with Crippen LogP contribution in [0.4, 0.5) is 0 Å². The van der Waals surface area contributed by atoms with Crippen LogP contribution in [0.15, 0.2) is 27.4 Å². The first kappa shape index (κ1) is 20.1. The highest BCUT2D eigenvalue weighted by Crippen LogP contribution is 2.44. The van der Waals surface area contributed by atoms with E-state index in [1.54, 1.807) is 18.2 Å². The Labute approximate surface area is 167 Å². The number of rotatable bonds is 8. The van der Waals surface area contributed by atoms with Crippen molar-refractivity contribution < 1.29 is 23.4 Å². The molecule has 6 nitrogen and oxygen atoms in total. The van der Waals surface area contributed by atoms with Crippen LogP contribution in [0.3, 0.4) is 0 Å². The molecule has 0 amide bonds. The van der Waals surface area contributed by atoms with Gasteiger partial charge in [-0.3, -0.25) is 4.79 Å². The Morgan fingerprint density at radius 3 is 2.00 bits per heavy atom. The summed E-state index contributed by atoms with van der Waals surface area (Å²) in [7, 11) is 0. The molecule has 2 aromatic carbocycles. The van der Waals surface area contributed by atoms with Gasteiger partial charge < -0.3 is 23.4 Å². The molecule has 1 heterocycles. The molecule has 0 saturated heterocycles. The molecule has 3 rings (SSSR count). The van der Waals surface area contributed by atoms with E-state index in [1.165, 1.54) is 0 Å². The molecular weight excluding hydrogens is 384 g/mol. The highest BCUT2D eigenvalue weighted by atomic mass is 35.5. The van der Waals surface area contributed by atoms with Crippen LogP contribution in [0.2, 0.25) is 5.02 Å². The Balaban J connectivity index is 2.45. The van der Waals surface area contributed by atoms with Gasteiger partial charge in [0.25, 0.3) is 0 Å². The summed E-state index contributed by atoms with van der Waals surface area (Å²) in [4.78, 5) is 13.2. The second-order valence-corrected chi connectivity index (χ2v) is 6.23. The molecule has 3 aromatic rings. The van der Waals surface area contributed by atoms with E-state index in [0.29, 0.717) is 70.8 Å². The second kappa shape index (κ2) is 8.61. The van der Waals surface area contributed by atoms with Gasteiger partial charge in [-0.15, -0.1) is 0 Å². The number of hydrogen-bond acceptors (Lipinski definition) is 6. The average molecular weight is 407 g/mol. The summed E-state index contributed by atoms with van der Waals surface area (Å²) in [6.45, 7) is 9.00. The van der Waals surface area contributed by atoms with E-state index in [2.05, 4.69) is 0 Å². The van der Waals surface area contributed by atoms with Crippen LogP contribution in [0.5, 0.6) is 23.0 Å². The quantitative estimate of drug-likeness (QED) is 0.479. The summed E-state index contributed by atoms with van der Waals surface area (Å²) >= 11 is 6.36. The minimum absolute atomic E-state index is 0.230. The molecule has 0 unspecified atom stereocenters. The smallest absolute Gasteiger partial charge is 0.206 e. The maximum absolute atomic E-state index is 13.2. The van der Waals surface area contributed by atoms with Crippen molar-refractivity contribution in [3.63, 3.8) is 0 Å². The van der Waals surface area contributed by atoms with Gasteiger partial charge in [0, 0.05) is 0 Å². The summed E-state index contributed by atoms with van der Waals surface area (Å²) in [6, 6.07) is 4.92. The van der Waals surface area contributed by atoms with E-state index in [1.807, 2.05) is 27.7 Å². The van der Waals surface area contributed by atoms with Gasteiger partial charge in [-0.1, -0.05) is 11.6 Å². The SMILES string of the molecule is CCOc1ccc2c(=O)c3cc(Cl)c(OCC)c(OCC)c3oc2c1OCC. The van der Waals surface area contributed by atoms with E-state index in [-0.39, 0.29) is 11.0 Å². The summed E-state index contributed by atoms with van der Waals surface area (Å²) in [6.07, 6.45) is 0. The largest absolute Gasteiger partial charge is 0.490 e. The number of fused-ring (bicyclic) bond motifs is 2. The highest BCUT2D eigenvalue weighted by Gasteiger charge is 2.23. The monoisotopic (exact) mass is 406 g/mol. The normalized spacial score (nSPS) is 11.0. The maximum atomic E-state index is 13.2. The fourth-order valence-electron chi connectivity index (χ4n) is 3.04. The topological polar surface area (TPSA) is 67.1 Å². The van der Waals surface area contributed by atoms with Crippen molar-refractivity contribution in [1.29, 1.82) is 0 Å². The minimum atomic E-state index is -0.230. The molecule has 0 N–H and O–H groups in total. The molecule has 0 aliphatic carbocycles. The lowest BCUT2D eigenvalue weighted by molar-refractivity contribution is 0.284. The lowest BCUT2D eigenvalue weighted by Crippen LogP contribution is -2.07. The zero-order valence-electron chi connectivity index (χ0n) is 16.4. The Morgan fingerprint density at radius 1 is 0.786 bits per heavy atom. The van der Waals surface area contributed by atoms with E-state index < -0.39 is 0 Å². The van der Waals surface area contributed by atoms with Crippen molar-refractivity contribution in [1.82, 2.24) is 0 Å². The van der Waals surface area contributed by atoms with E-state index >= 15 is 0 Å². The highest BCUT2D eigenvalue weighted by molar-refractivity contribution is 6.33. The molecule has 0 atom stereocenters. The van der Waals surface area contributed by atoms with Crippen molar-refractivity contribution in [2.75, 3.05) is 26.4 Å². The zero-order chi connectivity index (χ0) is 20.3. The van der Waals surface area contributed by atoms with Crippen molar-refractivity contribution in [2.45, 2.75) is 27.7 Å². The molecule has 0 aliphatic heterocycles. The van der Waals surface area contributed by atoms with Gasteiger partial charge in [0.05, 0.1) is 42.2 Å². The van der Waals surface area contributed by atoms with Crippen LogP contribution >= 0.6 is 11.6 Å². The lowest BCUT2D eigenvalue weighted by Gasteiger charge is -2.16. The van der Waals surface area contributed by atoms with Crippen LogP contribution < -0.4 is 24.4 Å². The fourth-order valence-corrected chi connectivity index (χ4v) is 3.29. The van der Waals surface area contributed by atoms with Crippen LogP contribution in [-0.4, -0.2) is 26.4 Å². The first-order chi connectivity index (χ1) is 13.6. The average Bonchev–Trinajstić information content (AvgIpc) is 2.68. The van der Waals surface area contributed by atoms with Gasteiger partial charge in [-0.2, -0.15) is 0 Å². The summed E-state index contributed by atoms with van der Waals surface area (Å²) in [5.41, 5.74) is 0.337. The third-order valence-corrected chi connectivity index (χ3v) is 4.36. The van der Waals surface area contributed by atoms with Crippen molar-refractivity contribution in [3.05, 3.63) is 33.4 Å². The number of ether oxygens (including phenoxy) is 4. The van der Waals surface area contributed by atoms with Gasteiger partial charge in [0.15, 0.2) is 22.7 Å². The van der Waals surface area contributed by atoms with E-state index in [0.717, 1.165) is 0 Å². The van der Waals surface area contributed by atoms with Gasteiger partial charge in [0.2, 0.25) is 16.9 Å². The Hall–Kier alpha value is -2.60. The fraction of sp³-hybridized carbons (Fsp3) is 0.381. The molecule has 7 heteroatoms.